The van der Waals surface area contributed by atoms with Crippen LogP contribution in [0.3, 0.4) is 0 Å². The highest BCUT2D eigenvalue weighted by molar-refractivity contribution is 8.22. The van der Waals surface area contributed by atoms with Crippen molar-refractivity contribution in [2.45, 2.75) is 12.8 Å². The van der Waals surface area contributed by atoms with Crippen molar-refractivity contribution in [2.75, 3.05) is 12.0 Å². The SMILES string of the molecule is CSC1=C(N=O)c2ccccc2CCCS1. The number of rotatable bonds is 2. The molecule has 0 N–H and O–H groups in total. The third kappa shape index (κ3) is 2.33. The van der Waals surface area contributed by atoms with Gasteiger partial charge in [-0.1, -0.05) is 24.3 Å². The van der Waals surface area contributed by atoms with Crippen LogP contribution < -0.4 is 0 Å². The van der Waals surface area contributed by atoms with E-state index in [1.54, 1.807) is 23.5 Å². The Bertz CT molecular complexity index is 429. The zero-order chi connectivity index (χ0) is 11.4. The summed E-state index contributed by atoms with van der Waals surface area (Å²) in [6.45, 7) is 0. The average molecular weight is 251 g/mol. The molecule has 4 heteroatoms. The first-order valence-corrected chi connectivity index (χ1v) is 7.40. The third-order valence-electron chi connectivity index (χ3n) is 2.57. The Morgan fingerprint density at radius 1 is 1.38 bits per heavy atom. The van der Waals surface area contributed by atoms with Crippen molar-refractivity contribution < 1.29 is 0 Å². The topological polar surface area (TPSA) is 29.4 Å². The van der Waals surface area contributed by atoms with E-state index in [1.807, 2.05) is 24.5 Å². The summed E-state index contributed by atoms with van der Waals surface area (Å²) in [7, 11) is 0. The molecule has 0 fully saturated rings. The molecular weight excluding hydrogens is 238 g/mol. The lowest BCUT2D eigenvalue weighted by atomic mass is 10.0. The molecule has 0 spiro atoms. The highest BCUT2D eigenvalue weighted by atomic mass is 32.2. The molecule has 1 aromatic rings. The van der Waals surface area contributed by atoms with Gasteiger partial charge in [-0.25, -0.2) is 0 Å². The molecule has 0 saturated heterocycles. The lowest BCUT2D eigenvalue weighted by Gasteiger charge is -2.15. The highest BCUT2D eigenvalue weighted by Gasteiger charge is 2.16. The van der Waals surface area contributed by atoms with Crippen LogP contribution in [-0.2, 0) is 6.42 Å². The summed E-state index contributed by atoms with van der Waals surface area (Å²) in [4.78, 5) is 11.0. The minimum Gasteiger partial charge on any atom is -0.145 e. The number of nitroso groups, excluding NO2 is 1. The molecule has 16 heavy (non-hydrogen) atoms. The van der Waals surface area contributed by atoms with E-state index in [9.17, 15) is 4.91 Å². The lowest BCUT2D eigenvalue weighted by molar-refractivity contribution is 0.928. The number of fused-ring (bicyclic) bond motifs is 1. The first-order chi connectivity index (χ1) is 7.86. The van der Waals surface area contributed by atoms with Crippen molar-refractivity contribution in [3.8, 4) is 0 Å². The summed E-state index contributed by atoms with van der Waals surface area (Å²) in [5.74, 6) is 1.06. The first kappa shape index (κ1) is 11.7. The van der Waals surface area contributed by atoms with Gasteiger partial charge in [0.2, 0.25) is 0 Å². The van der Waals surface area contributed by atoms with Crippen molar-refractivity contribution in [1.82, 2.24) is 0 Å². The highest BCUT2D eigenvalue weighted by Crippen LogP contribution is 2.38. The van der Waals surface area contributed by atoms with E-state index in [0.717, 1.165) is 28.4 Å². The fraction of sp³-hybridized carbons (Fsp3) is 0.333. The molecule has 0 bridgehead atoms. The Balaban J connectivity index is 2.57. The van der Waals surface area contributed by atoms with Crippen molar-refractivity contribution in [1.29, 1.82) is 0 Å². The van der Waals surface area contributed by atoms with Crippen LogP contribution in [0, 0.1) is 4.91 Å². The number of benzene rings is 1. The first-order valence-electron chi connectivity index (χ1n) is 5.19. The average Bonchev–Trinajstić information content (AvgIpc) is 2.31. The molecule has 84 valence electrons. The van der Waals surface area contributed by atoms with E-state index >= 15 is 0 Å². The standard InChI is InChI=1S/C12H13NOS2/c1-15-12-11(13-14)10-7-3-2-5-9(10)6-4-8-16-12/h2-3,5,7H,4,6,8H2,1H3. The van der Waals surface area contributed by atoms with E-state index < -0.39 is 0 Å². The lowest BCUT2D eigenvalue weighted by Crippen LogP contribution is -1.98. The Kier molecular flexibility index (Phi) is 4.07. The zero-order valence-electron chi connectivity index (χ0n) is 9.10. The van der Waals surface area contributed by atoms with Crippen LogP contribution >= 0.6 is 23.5 Å². The summed E-state index contributed by atoms with van der Waals surface area (Å²) < 4.78 is 1.04. The molecule has 2 nitrogen and oxygen atoms in total. The van der Waals surface area contributed by atoms with Crippen LogP contribution in [0.2, 0.25) is 0 Å². The van der Waals surface area contributed by atoms with Crippen molar-refractivity contribution in [3.05, 3.63) is 44.5 Å². The van der Waals surface area contributed by atoms with Crippen LogP contribution in [0.25, 0.3) is 5.70 Å². The second-order valence-electron chi connectivity index (χ2n) is 3.54. The molecule has 1 heterocycles. The van der Waals surface area contributed by atoms with E-state index in [4.69, 9.17) is 0 Å². The van der Waals surface area contributed by atoms with E-state index in [0.29, 0.717) is 5.70 Å². The molecule has 0 amide bonds. The van der Waals surface area contributed by atoms with Gasteiger partial charge in [0.25, 0.3) is 0 Å². The maximum Gasteiger partial charge on any atom is 0.135 e. The summed E-state index contributed by atoms with van der Waals surface area (Å²) in [6.07, 6.45) is 4.18. The van der Waals surface area contributed by atoms with Gasteiger partial charge in [0, 0.05) is 5.56 Å². The fourth-order valence-electron chi connectivity index (χ4n) is 1.82. The molecule has 0 unspecified atom stereocenters. The number of aryl methyl sites for hydroxylation is 1. The van der Waals surface area contributed by atoms with Crippen LogP contribution in [-0.4, -0.2) is 12.0 Å². The van der Waals surface area contributed by atoms with Crippen LogP contribution in [0.1, 0.15) is 17.5 Å². The molecule has 1 aliphatic heterocycles. The van der Waals surface area contributed by atoms with Gasteiger partial charge >= 0.3 is 0 Å². The molecule has 1 aliphatic rings. The molecule has 0 aliphatic carbocycles. The Morgan fingerprint density at radius 3 is 2.94 bits per heavy atom. The molecule has 0 radical (unpaired) electrons. The summed E-state index contributed by atoms with van der Waals surface area (Å²) >= 11 is 3.36. The predicted molar refractivity (Wildman–Crippen MR) is 73.5 cm³/mol. The third-order valence-corrected chi connectivity index (χ3v) is 4.93. The molecule has 1 aromatic carbocycles. The van der Waals surface area contributed by atoms with Gasteiger partial charge < -0.3 is 0 Å². The van der Waals surface area contributed by atoms with Gasteiger partial charge in [-0.15, -0.1) is 28.4 Å². The zero-order valence-corrected chi connectivity index (χ0v) is 10.7. The van der Waals surface area contributed by atoms with Crippen molar-refractivity contribution in [2.24, 2.45) is 5.18 Å². The number of hydrogen-bond donors (Lipinski definition) is 0. The van der Waals surface area contributed by atoms with Crippen LogP contribution in [0.5, 0.6) is 0 Å². The quantitative estimate of drug-likeness (QED) is 0.740. The van der Waals surface area contributed by atoms with E-state index in [1.165, 1.54) is 5.56 Å². The van der Waals surface area contributed by atoms with Gasteiger partial charge in [0.1, 0.15) is 5.70 Å². The second-order valence-corrected chi connectivity index (χ2v) is 5.72. The van der Waals surface area contributed by atoms with E-state index in [2.05, 4.69) is 11.2 Å². The van der Waals surface area contributed by atoms with E-state index in [-0.39, 0.29) is 0 Å². The van der Waals surface area contributed by atoms with Crippen LogP contribution in [0.15, 0.2) is 33.7 Å². The predicted octanol–water partition coefficient (Wildman–Crippen LogP) is 4.12. The fourth-order valence-corrected chi connectivity index (χ4v) is 3.64. The minimum atomic E-state index is 0.618. The molecular formula is C12H13NOS2. The Morgan fingerprint density at radius 2 is 2.19 bits per heavy atom. The van der Waals surface area contributed by atoms with Gasteiger partial charge in [-0.05, 0) is 35.6 Å². The monoisotopic (exact) mass is 251 g/mol. The van der Waals surface area contributed by atoms with Gasteiger partial charge in [0.05, 0.1) is 4.24 Å². The number of hydrogen-bond acceptors (Lipinski definition) is 4. The number of thioether (sulfide) groups is 2. The normalized spacial score (nSPS) is 16.3. The molecule has 0 aromatic heterocycles. The minimum absolute atomic E-state index is 0.618. The van der Waals surface area contributed by atoms with Gasteiger partial charge in [0.15, 0.2) is 0 Å². The van der Waals surface area contributed by atoms with Crippen molar-refractivity contribution >= 4 is 29.2 Å². The maximum absolute atomic E-state index is 11.0. The van der Waals surface area contributed by atoms with Crippen LogP contribution in [0.4, 0.5) is 0 Å². The summed E-state index contributed by atoms with van der Waals surface area (Å²) in [6, 6.07) is 8.08. The summed E-state index contributed by atoms with van der Waals surface area (Å²) in [5.41, 5.74) is 2.87. The van der Waals surface area contributed by atoms with Gasteiger partial charge in [-0.3, -0.25) is 0 Å². The second kappa shape index (κ2) is 5.55. The van der Waals surface area contributed by atoms with Crippen molar-refractivity contribution in [3.63, 3.8) is 0 Å². The number of nitrogens with zero attached hydrogens (tertiary/aromatic N) is 1. The molecule has 2 rings (SSSR count). The summed E-state index contributed by atoms with van der Waals surface area (Å²) in [5, 5.41) is 3.23. The smallest absolute Gasteiger partial charge is 0.135 e. The largest absolute Gasteiger partial charge is 0.145 e. The molecule has 0 saturated carbocycles. The Hall–Kier alpha value is -0.740. The maximum atomic E-state index is 11.0. The van der Waals surface area contributed by atoms with Gasteiger partial charge in [-0.2, -0.15) is 0 Å². The Labute approximate surface area is 104 Å². The molecule has 0 atom stereocenters.